The summed E-state index contributed by atoms with van der Waals surface area (Å²) in [5.74, 6) is 0.687. The number of ether oxygens (including phenoxy) is 2. The van der Waals surface area contributed by atoms with E-state index >= 15 is 0 Å². The Hall–Kier alpha value is -3.49. The highest BCUT2D eigenvalue weighted by Crippen LogP contribution is 2.25. The summed E-state index contributed by atoms with van der Waals surface area (Å²) >= 11 is 0. The lowest BCUT2D eigenvalue weighted by Crippen LogP contribution is -2.27. The van der Waals surface area contributed by atoms with Crippen molar-refractivity contribution in [1.82, 2.24) is 19.9 Å². The van der Waals surface area contributed by atoms with Crippen molar-refractivity contribution >= 4 is 22.9 Å². The maximum absolute atomic E-state index is 11.7. The van der Waals surface area contributed by atoms with Crippen LogP contribution in [-0.4, -0.2) is 31.6 Å². The van der Waals surface area contributed by atoms with Gasteiger partial charge in [-0.2, -0.15) is 0 Å². The van der Waals surface area contributed by atoms with Gasteiger partial charge >= 0.3 is 6.09 Å². The summed E-state index contributed by atoms with van der Waals surface area (Å²) in [6.07, 6.45) is 3.52. The lowest BCUT2D eigenvalue weighted by atomic mass is 10.2. The topological polar surface area (TPSA) is 119 Å². The third-order valence-corrected chi connectivity index (χ3v) is 3.04. The smallest absolute Gasteiger partial charge is 0.412 e. The third-order valence-electron chi connectivity index (χ3n) is 3.04. The number of H-pyrrole nitrogens is 1. The Morgan fingerprint density at radius 1 is 1.12 bits per heavy atom. The molecular weight excluding hydrogens is 338 g/mol. The molecule has 0 saturated heterocycles. The number of pyridine rings is 2. The quantitative estimate of drug-likeness (QED) is 0.741. The summed E-state index contributed by atoms with van der Waals surface area (Å²) in [6, 6.07) is 4.83. The van der Waals surface area contributed by atoms with Crippen molar-refractivity contribution in [3.8, 4) is 11.6 Å². The predicted octanol–water partition coefficient (Wildman–Crippen LogP) is 2.85. The molecule has 3 aromatic heterocycles. The predicted molar refractivity (Wildman–Crippen MR) is 94.3 cm³/mol. The minimum atomic E-state index is -0.586. The fourth-order valence-electron chi connectivity index (χ4n) is 2.06. The number of nitrogens with zero attached hydrogens (tertiary/aromatic N) is 3. The average Bonchev–Trinajstić information content (AvgIpc) is 2.55. The second kappa shape index (κ2) is 6.79. The number of rotatable bonds is 3. The van der Waals surface area contributed by atoms with Gasteiger partial charge in [-0.3, -0.25) is 10.1 Å². The molecule has 0 atom stereocenters. The van der Waals surface area contributed by atoms with Crippen molar-refractivity contribution in [2.75, 3.05) is 5.32 Å². The van der Waals surface area contributed by atoms with Gasteiger partial charge in [0.05, 0.1) is 18.1 Å². The summed E-state index contributed by atoms with van der Waals surface area (Å²) < 4.78 is 10.9. The second-order valence-corrected chi connectivity index (χ2v) is 6.37. The standard InChI is InChI=1S/C17H17N5O4/c1-17(2,3)26-16(24)21-10-4-5-13(19-8-10)25-11-6-7-18-15-14(11)20-9-12(23)22-15/h4-9H,1-3H3,(H,21,24)(H,18,22,23). The zero-order valence-corrected chi connectivity index (χ0v) is 14.4. The molecule has 0 saturated carbocycles. The summed E-state index contributed by atoms with van der Waals surface area (Å²) in [4.78, 5) is 37.8. The van der Waals surface area contributed by atoms with Gasteiger partial charge < -0.3 is 14.5 Å². The molecule has 0 aliphatic rings. The van der Waals surface area contributed by atoms with Gasteiger partial charge in [-0.25, -0.2) is 19.7 Å². The maximum atomic E-state index is 11.7. The fourth-order valence-corrected chi connectivity index (χ4v) is 2.06. The van der Waals surface area contributed by atoms with Crippen molar-refractivity contribution < 1.29 is 14.3 Å². The van der Waals surface area contributed by atoms with Crippen LogP contribution >= 0.6 is 0 Å². The number of fused-ring (bicyclic) bond motifs is 1. The lowest BCUT2D eigenvalue weighted by molar-refractivity contribution is 0.0636. The molecule has 3 heterocycles. The van der Waals surface area contributed by atoms with E-state index in [0.29, 0.717) is 28.5 Å². The number of amides is 1. The van der Waals surface area contributed by atoms with Crippen molar-refractivity contribution in [3.63, 3.8) is 0 Å². The van der Waals surface area contributed by atoms with Gasteiger partial charge in [0, 0.05) is 18.3 Å². The minimum absolute atomic E-state index is 0.292. The molecule has 0 spiro atoms. The summed E-state index contributed by atoms with van der Waals surface area (Å²) in [6.45, 7) is 5.34. The number of nitrogens with one attached hydrogen (secondary N) is 2. The highest BCUT2D eigenvalue weighted by molar-refractivity contribution is 5.84. The lowest BCUT2D eigenvalue weighted by Gasteiger charge is -2.19. The molecule has 0 aliphatic heterocycles. The van der Waals surface area contributed by atoms with Gasteiger partial charge in [0.25, 0.3) is 5.56 Å². The molecule has 1 amide bonds. The Bertz CT molecular complexity index is 992. The van der Waals surface area contributed by atoms with Crippen LogP contribution in [0.3, 0.4) is 0 Å². The van der Waals surface area contributed by atoms with Crippen LogP contribution in [0.25, 0.3) is 11.2 Å². The minimum Gasteiger partial charge on any atom is -0.444 e. The van der Waals surface area contributed by atoms with E-state index in [4.69, 9.17) is 9.47 Å². The van der Waals surface area contributed by atoms with Crippen molar-refractivity contribution in [2.45, 2.75) is 26.4 Å². The van der Waals surface area contributed by atoms with E-state index in [2.05, 4.69) is 25.3 Å². The molecule has 134 valence electrons. The number of aromatic nitrogens is 4. The maximum Gasteiger partial charge on any atom is 0.412 e. The molecule has 0 fully saturated rings. The average molecular weight is 355 g/mol. The van der Waals surface area contributed by atoms with Crippen LogP contribution in [0.2, 0.25) is 0 Å². The van der Waals surface area contributed by atoms with E-state index in [1.54, 1.807) is 39.0 Å². The Balaban J connectivity index is 1.74. The van der Waals surface area contributed by atoms with Crippen LogP contribution in [0.4, 0.5) is 10.5 Å². The van der Waals surface area contributed by atoms with E-state index in [1.165, 1.54) is 12.4 Å². The highest BCUT2D eigenvalue weighted by atomic mass is 16.6. The first-order chi connectivity index (χ1) is 12.3. The molecule has 0 radical (unpaired) electrons. The normalized spacial score (nSPS) is 11.2. The number of anilines is 1. The Labute approximate surface area is 148 Å². The van der Waals surface area contributed by atoms with Crippen molar-refractivity contribution in [1.29, 1.82) is 0 Å². The van der Waals surface area contributed by atoms with Crippen LogP contribution in [0.5, 0.6) is 11.6 Å². The monoisotopic (exact) mass is 355 g/mol. The molecule has 9 heteroatoms. The zero-order chi connectivity index (χ0) is 18.7. The van der Waals surface area contributed by atoms with Crippen molar-refractivity contribution in [2.24, 2.45) is 0 Å². The first-order valence-corrected chi connectivity index (χ1v) is 7.78. The van der Waals surface area contributed by atoms with Gasteiger partial charge in [-0.05, 0) is 26.8 Å². The Morgan fingerprint density at radius 2 is 1.92 bits per heavy atom. The molecule has 2 N–H and O–H groups in total. The number of hydrogen-bond donors (Lipinski definition) is 2. The van der Waals surface area contributed by atoms with E-state index in [-0.39, 0.29) is 5.56 Å². The molecule has 0 aromatic carbocycles. The van der Waals surface area contributed by atoms with Crippen LogP contribution in [0, 0.1) is 0 Å². The van der Waals surface area contributed by atoms with E-state index < -0.39 is 11.7 Å². The molecule has 26 heavy (non-hydrogen) atoms. The van der Waals surface area contributed by atoms with Gasteiger partial charge in [0.1, 0.15) is 11.1 Å². The van der Waals surface area contributed by atoms with Crippen LogP contribution < -0.4 is 15.6 Å². The van der Waals surface area contributed by atoms with Gasteiger partial charge in [0.2, 0.25) is 5.88 Å². The van der Waals surface area contributed by atoms with Crippen LogP contribution in [-0.2, 0) is 4.74 Å². The Morgan fingerprint density at radius 3 is 2.62 bits per heavy atom. The first-order valence-electron chi connectivity index (χ1n) is 7.78. The SMILES string of the molecule is CC(C)(C)OC(=O)Nc1ccc(Oc2ccnc3[nH]c(=O)cnc23)nc1. The van der Waals surface area contributed by atoms with Gasteiger partial charge in [-0.15, -0.1) is 0 Å². The van der Waals surface area contributed by atoms with Crippen LogP contribution in [0.1, 0.15) is 20.8 Å². The number of carbonyl (C=O) groups excluding carboxylic acids is 1. The summed E-state index contributed by atoms with van der Waals surface area (Å²) in [7, 11) is 0. The molecule has 0 aliphatic carbocycles. The zero-order valence-electron chi connectivity index (χ0n) is 14.4. The third kappa shape index (κ3) is 4.32. The van der Waals surface area contributed by atoms with E-state index in [9.17, 15) is 9.59 Å². The molecule has 3 aromatic rings. The number of aromatic amines is 1. The highest BCUT2D eigenvalue weighted by Gasteiger charge is 2.16. The molecule has 0 unspecified atom stereocenters. The molecular formula is C17H17N5O4. The molecule has 0 bridgehead atoms. The first kappa shape index (κ1) is 17.3. The fraction of sp³-hybridized carbons (Fsp3) is 0.235. The number of carbonyl (C=O) groups is 1. The van der Waals surface area contributed by atoms with E-state index in [0.717, 1.165) is 6.20 Å². The second-order valence-electron chi connectivity index (χ2n) is 6.37. The van der Waals surface area contributed by atoms with E-state index in [1.807, 2.05) is 0 Å². The van der Waals surface area contributed by atoms with Gasteiger partial charge in [0.15, 0.2) is 11.4 Å². The van der Waals surface area contributed by atoms with Crippen molar-refractivity contribution in [3.05, 3.63) is 47.1 Å². The largest absolute Gasteiger partial charge is 0.444 e. The van der Waals surface area contributed by atoms with Crippen LogP contribution in [0.15, 0.2) is 41.6 Å². The number of hydrogen-bond acceptors (Lipinski definition) is 7. The molecule has 9 nitrogen and oxygen atoms in total. The summed E-state index contributed by atoms with van der Waals surface area (Å²) in [5, 5.41) is 2.58. The summed E-state index contributed by atoms with van der Waals surface area (Å²) in [5.41, 5.74) is 0.256. The Kier molecular flexibility index (Phi) is 4.53. The molecule has 3 rings (SSSR count). The van der Waals surface area contributed by atoms with Gasteiger partial charge in [-0.1, -0.05) is 0 Å².